The van der Waals surface area contributed by atoms with Gasteiger partial charge in [0, 0.05) is 0 Å². The molecule has 1 rings (SSSR count). The van der Waals surface area contributed by atoms with Crippen LogP contribution in [-0.2, 0) is 4.79 Å². The Kier molecular flexibility index (Phi) is 10.4. The van der Waals surface area contributed by atoms with Crippen LogP contribution in [0.1, 0.15) is 90.0 Å². The number of unbranched alkanes of at least 4 members (excludes halogenated alkanes) is 10. The zero-order valence-corrected chi connectivity index (χ0v) is 15.7. The molecule has 3 N–H and O–H groups in total. The molecule has 0 aliphatic heterocycles. The first kappa shape index (κ1) is 22.0. The van der Waals surface area contributed by atoms with Crippen LogP contribution in [0.3, 0.4) is 0 Å². The normalized spacial score (nSPS) is 12.2. The van der Waals surface area contributed by atoms with Gasteiger partial charge in [0.1, 0.15) is 6.04 Å². The van der Waals surface area contributed by atoms with Crippen molar-refractivity contribution in [2.24, 2.45) is 0 Å². The predicted octanol–water partition coefficient (Wildman–Crippen LogP) is 3.57. The fraction of sp³-hybridized carbons (Fsp3) is 0.737. The zero-order chi connectivity index (χ0) is 19.4. The summed E-state index contributed by atoms with van der Waals surface area (Å²) in [6, 6.07) is -0.351. The monoisotopic (exact) mass is 368 g/mol. The summed E-state index contributed by atoms with van der Waals surface area (Å²) in [5, 5.41) is 19.1. The van der Waals surface area contributed by atoms with Gasteiger partial charge in [-0.3, -0.25) is 9.78 Å². The number of nitrogens with one attached hydrogen (secondary N) is 1. The van der Waals surface area contributed by atoms with Gasteiger partial charge in [0.15, 0.2) is 0 Å². The Morgan fingerprint density at radius 1 is 1.00 bits per heavy atom. The summed E-state index contributed by atoms with van der Waals surface area (Å²) in [7, 11) is 0. The molecule has 1 atom stereocenters. The topological polar surface area (TPSA) is 112 Å². The summed E-state index contributed by atoms with van der Waals surface area (Å²) in [4.78, 5) is 36.4. The van der Waals surface area contributed by atoms with E-state index in [1.54, 1.807) is 0 Å². The molecule has 0 saturated carbocycles. The maximum Gasteiger partial charge on any atom is 0.331 e. The van der Waals surface area contributed by atoms with Crippen LogP contribution < -0.4 is 11.2 Å². The third-order valence-electron chi connectivity index (χ3n) is 4.63. The summed E-state index contributed by atoms with van der Waals surface area (Å²) < 4.78 is 0.736. The van der Waals surface area contributed by atoms with Gasteiger partial charge in [0.25, 0.3) is 5.56 Å². The van der Waals surface area contributed by atoms with Crippen LogP contribution in [0.4, 0.5) is 0 Å². The fourth-order valence-corrected chi connectivity index (χ4v) is 3.16. The number of hydrogen-bond acceptors (Lipinski definition) is 4. The van der Waals surface area contributed by atoms with Crippen LogP contribution in [-0.4, -0.2) is 25.7 Å². The predicted molar refractivity (Wildman–Crippen MR) is 101 cm³/mol. The second-order valence-electron chi connectivity index (χ2n) is 6.85. The highest BCUT2D eigenvalue weighted by Crippen LogP contribution is 2.20. The van der Waals surface area contributed by atoms with E-state index in [9.17, 15) is 24.6 Å². The average molecular weight is 368 g/mol. The van der Waals surface area contributed by atoms with Gasteiger partial charge in [-0.05, 0) is 6.42 Å². The maximum atomic E-state index is 11.8. The number of rotatable bonds is 14. The Balaban J connectivity index is 2.31. The van der Waals surface area contributed by atoms with Crippen LogP contribution >= 0.6 is 0 Å². The summed E-state index contributed by atoms with van der Waals surface area (Å²) in [5.74, 6) is -1.81. The number of aromatic hydroxyl groups is 1. The Labute approximate surface area is 154 Å². The van der Waals surface area contributed by atoms with Gasteiger partial charge in [-0.15, -0.1) is 0 Å². The number of carboxylic acids is 1. The zero-order valence-electron chi connectivity index (χ0n) is 15.7. The van der Waals surface area contributed by atoms with Crippen LogP contribution in [0.5, 0.6) is 5.88 Å². The summed E-state index contributed by atoms with van der Waals surface area (Å²) in [6.45, 7) is 2.21. The lowest BCUT2D eigenvalue weighted by atomic mass is 10.0. The molecule has 0 aliphatic carbocycles. The molecule has 26 heavy (non-hydrogen) atoms. The molecule has 7 nitrogen and oxygen atoms in total. The molecule has 148 valence electrons. The lowest BCUT2D eigenvalue weighted by Gasteiger charge is -2.16. The van der Waals surface area contributed by atoms with Gasteiger partial charge >= 0.3 is 11.7 Å². The first-order valence-corrected chi connectivity index (χ1v) is 9.75. The quantitative estimate of drug-likeness (QED) is 0.435. The molecule has 0 spiro atoms. The number of aromatic nitrogens is 2. The first-order chi connectivity index (χ1) is 12.5. The molecule has 0 bridgehead atoms. The highest BCUT2D eigenvalue weighted by Gasteiger charge is 2.23. The molecule has 1 unspecified atom stereocenters. The Morgan fingerprint density at radius 3 is 1.96 bits per heavy atom. The fourth-order valence-electron chi connectivity index (χ4n) is 3.16. The van der Waals surface area contributed by atoms with E-state index in [4.69, 9.17) is 0 Å². The summed E-state index contributed by atoms with van der Waals surface area (Å²) in [6.07, 6.45) is 12.9. The van der Waals surface area contributed by atoms with Crippen LogP contribution in [0, 0.1) is 0 Å². The van der Waals surface area contributed by atoms with Crippen molar-refractivity contribution in [3.8, 4) is 5.88 Å². The Hall–Kier alpha value is -2.05. The molecule has 0 aromatic carbocycles. The maximum absolute atomic E-state index is 11.8. The van der Waals surface area contributed by atoms with E-state index >= 15 is 0 Å². The van der Waals surface area contributed by atoms with Crippen molar-refractivity contribution in [3.63, 3.8) is 0 Å². The minimum atomic E-state index is -1.19. The van der Waals surface area contributed by atoms with E-state index in [1.807, 2.05) is 4.98 Å². The number of nitrogens with zero attached hydrogens (tertiary/aromatic N) is 1. The van der Waals surface area contributed by atoms with Gasteiger partial charge in [-0.25, -0.2) is 14.2 Å². The number of hydrogen-bond donors (Lipinski definition) is 3. The highest BCUT2D eigenvalue weighted by molar-refractivity contribution is 5.72. The van der Waals surface area contributed by atoms with Crippen molar-refractivity contribution in [3.05, 3.63) is 26.9 Å². The molecule has 0 fully saturated rings. The molecular formula is C19H32N2O5. The molecule has 1 aromatic rings. The summed E-state index contributed by atoms with van der Waals surface area (Å²) in [5.41, 5.74) is -1.65. The summed E-state index contributed by atoms with van der Waals surface area (Å²) >= 11 is 0. The number of H-pyrrole nitrogens is 1. The molecule has 7 heteroatoms. The SMILES string of the molecule is CCCCCCCCCCCCCC(C(=O)O)n1c(O)cc(=O)[nH]c1=O. The van der Waals surface area contributed by atoms with Crippen LogP contribution in [0.2, 0.25) is 0 Å². The van der Waals surface area contributed by atoms with Gasteiger partial charge < -0.3 is 10.2 Å². The van der Waals surface area contributed by atoms with Gasteiger partial charge in [-0.2, -0.15) is 0 Å². The second-order valence-corrected chi connectivity index (χ2v) is 6.85. The molecule has 0 radical (unpaired) electrons. The van der Waals surface area contributed by atoms with E-state index in [0.29, 0.717) is 6.42 Å². The van der Waals surface area contributed by atoms with Gasteiger partial charge in [0.2, 0.25) is 5.88 Å². The molecule has 1 aromatic heterocycles. The third kappa shape index (κ3) is 7.89. The van der Waals surface area contributed by atoms with Crippen LogP contribution in [0.15, 0.2) is 15.7 Å². The van der Waals surface area contributed by atoms with Crippen molar-refractivity contribution in [2.75, 3.05) is 0 Å². The van der Waals surface area contributed by atoms with Crippen molar-refractivity contribution < 1.29 is 15.0 Å². The molecular weight excluding hydrogens is 336 g/mol. The number of aromatic amines is 1. The molecule has 1 heterocycles. The second kappa shape index (κ2) is 12.3. The number of aliphatic carboxylic acids is 1. The average Bonchev–Trinajstić information content (AvgIpc) is 2.56. The Morgan fingerprint density at radius 2 is 1.50 bits per heavy atom. The highest BCUT2D eigenvalue weighted by atomic mass is 16.4. The van der Waals surface area contributed by atoms with Crippen molar-refractivity contribution in [2.45, 2.75) is 90.0 Å². The number of carbonyl (C=O) groups is 1. The molecule has 0 saturated heterocycles. The largest absolute Gasteiger partial charge is 0.494 e. The Bertz CT molecular complexity index is 650. The standard InChI is InChI=1S/C19H32N2O5/c1-2-3-4-5-6-7-8-9-10-11-12-13-15(18(24)25)21-17(23)14-16(22)20-19(21)26/h14-15,23H,2-13H2,1H3,(H,24,25)(H,20,22,26). The number of carboxylic acid groups (broad SMARTS) is 1. The minimum absolute atomic E-state index is 0.242. The van der Waals surface area contributed by atoms with Crippen LogP contribution in [0.25, 0.3) is 0 Å². The van der Waals surface area contributed by atoms with Crippen molar-refractivity contribution in [1.82, 2.24) is 9.55 Å². The van der Waals surface area contributed by atoms with E-state index < -0.39 is 29.1 Å². The van der Waals surface area contributed by atoms with Gasteiger partial charge in [0.05, 0.1) is 6.07 Å². The van der Waals surface area contributed by atoms with Crippen molar-refractivity contribution in [1.29, 1.82) is 0 Å². The van der Waals surface area contributed by atoms with E-state index in [1.165, 1.54) is 44.9 Å². The van der Waals surface area contributed by atoms with Gasteiger partial charge in [-0.1, -0.05) is 77.6 Å². The lowest BCUT2D eigenvalue weighted by Crippen LogP contribution is -2.35. The lowest BCUT2D eigenvalue weighted by molar-refractivity contribution is -0.141. The minimum Gasteiger partial charge on any atom is -0.494 e. The van der Waals surface area contributed by atoms with E-state index in [2.05, 4.69) is 6.92 Å². The smallest absolute Gasteiger partial charge is 0.331 e. The molecule has 0 aliphatic rings. The van der Waals surface area contributed by atoms with E-state index in [-0.39, 0.29) is 6.42 Å². The first-order valence-electron chi connectivity index (χ1n) is 9.75. The molecule has 0 amide bonds. The van der Waals surface area contributed by atoms with Crippen molar-refractivity contribution >= 4 is 5.97 Å². The third-order valence-corrected chi connectivity index (χ3v) is 4.63. The van der Waals surface area contributed by atoms with E-state index in [0.717, 1.165) is 29.9 Å².